The molecule has 0 aromatic rings. The first kappa shape index (κ1) is 13.3. The van der Waals surface area contributed by atoms with Crippen molar-refractivity contribution in [2.24, 2.45) is 5.73 Å². The third-order valence-electron chi connectivity index (χ3n) is 3.39. The van der Waals surface area contributed by atoms with Crippen LogP contribution in [0.5, 0.6) is 0 Å². The maximum atomic E-state index is 11.3. The number of hydrogen-bond acceptors (Lipinski definition) is 5. The molecule has 3 N–H and O–H groups in total. The van der Waals surface area contributed by atoms with Crippen LogP contribution in [0.4, 0.5) is 0 Å². The Bertz CT molecular complexity index is 335. The van der Waals surface area contributed by atoms with Crippen molar-refractivity contribution in [3.63, 3.8) is 0 Å². The maximum absolute atomic E-state index is 11.3. The van der Waals surface area contributed by atoms with Gasteiger partial charge in [-0.15, -0.1) is 0 Å². The molecule has 102 valence electrons. The SMILES string of the molecule is NC(=O)C1COCCN1CC1CCC(C(=O)O)O1. The largest absolute Gasteiger partial charge is 0.479 e. The van der Waals surface area contributed by atoms with Crippen LogP contribution in [0.25, 0.3) is 0 Å². The molecule has 7 heteroatoms. The van der Waals surface area contributed by atoms with Crippen molar-refractivity contribution < 1.29 is 24.2 Å². The molecule has 0 aromatic heterocycles. The molecule has 0 aromatic carbocycles. The molecular weight excluding hydrogens is 240 g/mol. The van der Waals surface area contributed by atoms with E-state index in [0.717, 1.165) is 0 Å². The predicted molar refractivity (Wildman–Crippen MR) is 60.9 cm³/mol. The number of ether oxygens (including phenoxy) is 2. The standard InChI is InChI=1S/C11H18N2O5/c12-10(14)8-6-17-4-3-13(8)5-7-1-2-9(18-7)11(15)16/h7-9H,1-6H2,(H2,12,14)(H,15,16). The molecule has 2 rings (SSSR count). The zero-order valence-electron chi connectivity index (χ0n) is 10.1. The van der Waals surface area contributed by atoms with E-state index in [4.69, 9.17) is 20.3 Å². The van der Waals surface area contributed by atoms with Crippen LogP contribution in [0.15, 0.2) is 0 Å². The second kappa shape index (κ2) is 5.64. The number of morpholine rings is 1. The van der Waals surface area contributed by atoms with Crippen molar-refractivity contribution in [3.8, 4) is 0 Å². The van der Waals surface area contributed by atoms with Gasteiger partial charge in [-0.25, -0.2) is 4.79 Å². The fourth-order valence-electron chi connectivity index (χ4n) is 2.40. The van der Waals surface area contributed by atoms with E-state index in [2.05, 4.69) is 0 Å². The Labute approximate surface area is 105 Å². The van der Waals surface area contributed by atoms with E-state index in [1.54, 1.807) is 0 Å². The molecule has 2 aliphatic heterocycles. The lowest BCUT2D eigenvalue weighted by molar-refractivity contribution is -0.150. The summed E-state index contributed by atoms with van der Waals surface area (Å²) < 4.78 is 10.6. The average molecular weight is 258 g/mol. The normalized spacial score (nSPS) is 33.4. The van der Waals surface area contributed by atoms with Gasteiger partial charge in [-0.1, -0.05) is 0 Å². The van der Waals surface area contributed by atoms with E-state index in [0.29, 0.717) is 39.1 Å². The summed E-state index contributed by atoms with van der Waals surface area (Å²) >= 11 is 0. The van der Waals surface area contributed by atoms with Gasteiger partial charge in [-0.2, -0.15) is 0 Å². The summed E-state index contributed by atoms with van der Waals surface area (Å²) in [5.41, 5.74) is 5.31. The summed E-state index contributed by atoms with van der Waals surface area (Å²) in [5.74, 6) is -1.34. The van der Waals surface area contributed by atoms with Crippen molar-refractivity contribution in [1.82, 2.24) is 4.90 Å². The molecule has 2 fully saturated rings. The minimum atomic E-state index is -0.925. The van der Waals surface area contributed by atoms with Gasteiger partial charge in [0.05, 0.1) is 19.3 Å². The highest BCUT2D eigenvalue weighted by atomic mass is 16.5. The van der Waals surface area contributed by atoms with E-state index in [1.807, 2.05) is 4.90 Å². The smallest absolute Gasteiger partial charge is 0.332 e. The first-order chi connectivity index (χ1) is 8.58. The second-order valence-electron chi connectivity index (χ2n) is 4.65. The molecule has 1 amide bonds. The Kier molecular flexibility index (Phi) is 4.15. The molecular formula is C11H18N2O5. The lowest BCUT2D eigenvalue weighted by Gasteiger charge is -2.34. The minimum Gasteiger partial charge on any atom is -0.479 e. The highest BCUT2D eigenvalue weighted by Gasteiger charge is 2.35. The predicted octanol–water partition coefficient (Wildman–Crippen LogP) is -1.20. The van der Waals surface area contributed by atoms with Crippen molar-refractivity contribution in [2.75, 3.05) is 26.3 Å². The van der Waals surface area contributed by atoms with Crippen LogP contribution in [0.2, 0.25) is 0 Å². The number of primary amides is 1. The number of carboxylic acids is 1. The zero-order chi connectivity index (χ0) is 13.1. The van der Waals surface area contributed by atoms with Gasteiger partial charge < -0.3 is 20.3 Å². The van der Waals surface area contributed by atoms with Crippen LogP contribution in [0.1, 0.15) is 12.8 Å². The summed E-state index contributed by atoms with van der Waals surface area (Å²) in [6, 6.07) is -0.439. The van der Waals surface area contributed by atoms with Crippen LogP contribution in [-0.2, 0) is 19.1 Å². The monoisotopic (exact) mass is 258 g/mol. The van der Waals surface area contributed by atoms with E-state index >= 15 is 0 Å². The van der Waals surface area contributed by atoms with Crippen molar-refractivity contribution in [1.29, 1.82) is 0 Å². The van der Waals surface area contributed by atoms with Gasteiger partial charge in [0, 0.05) is 13.1 Å². The van der Waals surface area contributed by atoms with Crippen LogP contribution >= 0.6 is 0 Å². The summed E-state index contributed by atoms with van der Waals surface area (Å²) in [4.78, 5) is 24.0. The van der Waals surface area contributed by atoms with Gasteiger partial charge in [0.2, 0.25) is 5.91 Å². The molecule has 0 saturated carbocycles. The number of carbonyl (C=O) groups is 2. The Morgan fingerprint density at radius 2 is 2.17 bits per heavy atom. The highest BCUT2D eigenvalue weighted by Crippen LogP contribution is 2.22. The molecule has 18 heavy (non-hydrogen) atoms. The summed E-state index contributed by atoms with van der Waals surface area (Å²) in [5, 5.41) is 8.84. The number of hydrogen-bond donors (Lipinski definition) is 2. The summed E-state index contributed by atoms with van der Waals surface area (Å²) in [6.45, 7) is 2.00. The average Bonchev–Trinajstić information content (AvgIpc) is 2.78. The lowest BCUT2D eigenvalue weighted by Crippen LogP contribution is -2.54. The molecule has 2 saturated heterocycles. The van der Waals surface area contributed by atoms with Crippen LogP contribution in [0.3, 0.4) is 0 Å². The van der Waals surface area contributed by atoms with Crippen molar-refractivity contribution in [2.45, 2.75) is 31.1 Å². The fourth-order valence-corrected chi connectivity index (χ4v) is 2.40. The number of rotatable bonds is 4. The minimum absolute atomic E-state index is 0.147. The van der Waals surface area contributed by atoms with E-state index < -0.39 is 24.0 Å². The molecule has 0 aliphatic carbocycles. The Hall–Kier alpha value is -1.18. The molecule has 3 atom stereocenters. The molecule has 2 heterocycles. The quantitative estimate of drug-likeness (QED) is 0.657. The van der Waals surface area contributed by atoms with E-state index in [1.165, 1.54) is 0 Å². The van der Waals surface area contributed by atoms with Gasteiger partial charge >= 0.3 is 5.97 Å². The Morgan fingerprint density at radius 3 is 2.78 bits per heavy atom. The Balaban J connectivity index is 1.88. The number of carboxylic acid groups (broad SMARTS) is 1. The van der Waals surface area contributed by atoms with E-state index in [9.17, 15) is 9.59 Å². The first-order valence-electron chi connectivity index (χ1n) is 6.07. The third kappa shape index (κ3) is 2.98. The Morgan fingerprint density at radius 1 is 1.39 bits per heavy atom. The van der Waals surface area contributed by atoms with Gasteiger partial charge in [-0.3, -0.25) is 9.69 Å². The highest BCUT2D eigenvalue weighted by molar-refractivity contribution is 5.80. The molecule has 0 radical (unpaired) electrons. The molecule has 2 aliphatic rings. The van der Waals surface area contributed by atoms with Crippen LogP contribution in [0, 0.1) is 0 Å². The second-order valence-corrected chi connectivity index (χ2v) is 4.65. The van der Waals surface area contributed by atoms with E-state index in [-0.39, 0.29) is 6.10 Å². The fraction of sp³-hybridized carbons (Fsp3) is 0.818. The molecule has 7 nitrogen and oxygen atoms in total. The topological polar surface area (TPSA) is 102 Å². The van der Waals surface area contributed by atoms with Crippen LogP contribution in [-0.4, -0.2) is 66.4 Å². The number of carbonyl (C=O) groups excluding carboxylic acids is 1. The van der Waals surface area contributed by atoms with Gasteiger partial charge in [0.25, 0.3) is 0 Å². The van der Waals surface area contributed by atoms with Crippen LogP contribution < -0.4 is 5.73 Å². The summed E-state index contributed by atoms with van der Waals surface area (Å²) in [7, 11) is 0. The first-order valence-corrected chi connectivity index (χ1v) is 6.07. The molecule has 3 unspecified atom stereocenters. The number of amides is 1. The lowest BCUT2D eigenvalue weighted by atomic mass is 10.1. The maximum Gasteiger partial charge on any atom is 0.332 e. The number of nitrogens with two attached hydrogens (primary N) is 1. The molecule has 0 bridgehead atoms. The summed E-state index contributed by atoms with van der Waals surface area (Å²) in [6.07, 6.45) is 0.347. The third-order valence-corrected chi connectivity index (χ3v) is 3.39. The van der Waals surface area contributed by atoms with Crippen molar-refractivity contribution >= 4 is 11.9 Å². The van der Waals surface area contributed by atoms with Crippen molar-refractivity contribution in [3.05, 3.63) is 0 Å². The zero-order valence-corrected chi connectivity index (χ0v) is 10.1. The number of aliphatic carboxylic acids is 1. The number of nitrogens with zero attached hydrogens (tertiary/aromatic N) is 1. The van der Waals surface area contributed by atoms with Gasteiger partial charge in [0.1, 0.15) is 6.04 Å². The molecule has 0 spiro atoms. The van der Waals surface area contributed by atoms with Gasteiger partial charge in [0.15, 0.2) is 6.10 Å². The van der Waals surface area contributed by atoms with Gasteiger partial charge in [-0.05, 0) is 12.8 Å².